The highest BCUT2D eigenvalue weighted by atomic mass is 19.2. The number of hydrogen-bond donors (Lipinski definition) is 1. The number of halogens is 2. The normalized spacial score (nSPS) is 25.7. The highest BCUT2D eigenvalue weighted by Gasteiger charge is 2.39. The van der Waals surface area contributed by atoms with Gasteiger partial charge in [-0.25, -0.2) is 28.7 Å². The molecule has 8 nitrogen and oxygen atoms in total. The summed E-state index contributed by atoms with van der Waals surface area (Å²) in [4.78, 5) is 37.9. The average Bonchev–Trinajstić information content (AvgIpc) is 3.52. The van der Waals surface area contributed by atoms with E-state index in [2.05, 4.69) is 24.8 Å². The standard InChI is InChI=1S/C23H25F2N7O/c24-15-11-32(12-16(15)25)23(33)14-2-1-9-31(10-14)19-6-5-17-22(29-19)30-21(28-17)18-7-8-26-20(27-18)13-3-4-13/h5-8,13-16H,1-4,9-12H2,(H,28,29,30)/t14-,15-,16-/m1/s1. The first-order valence-corrected chi connectivity index (χ1v) is 11.6. The number of imidazole rings is 1. The molecule has 3 aromatic heterocycles. The first-order chi connectivity index (χ1) is 16.0. The minimum absolute atomic E-state index is 0.151. The Morgan fingerprint density at radius 2 is 1.82 bits per heavy atom. The Bertz CT molecular complexity index is 1190. The lowest BCUT2D eigenvalue weighted by molar-refractivity contribution is -0.135. The molecule has 1 saturated carbocycles. The molecule has 0 bridgehead atoms. The van der Waals surface area contributed by atoms with Gasteiger partial charge in [0.05, 0.1) is 24.5 Å². The van der Waals surface area contributed by atoms with Crippen LogP contribution < -0.4 is 4.90 Å². The molecule has 3 atom stereocenters. The number of likely N-dealkylation sites (tertiary alicyclic amines) is 1. The number of carbonyl (C=O) groups excluding carboxylic acids is 1. The molecule has 5 heterocycles. The number of anilines is 1. The van der Waals surface area contributed by atoms with Crippen molar-refractivity contribution in [3.63, 3.8) is 0 Å². The van der Waals surface area contributed by atoms with Gasteiger partial charge in [0, 0.05) is 25.2 Å². The van der Waals surface area contributed by atoms with Gasteiger partial charge in [-0.1, -0.05) is 0 Å². The van der Waals surface area contributed by atoms with Crippen LogP contribution in [-0.2, 0) is 4.79 Å². The number of nitrogens with zero attached hydrogens (tertiary/aromatic N) is 6. The van der Waals surface area contributed by atoms with Crippen LogP contribution in [0.4, 0.5) is 14.6 Å². The smallest absolute Gasteiger partial charge is 0.227 e. The summed E-state index contributed by atoms with van der Waals surface area (Å²) in [6.07, 6.45) is 2.40. The third-order valence-corrected chi connectivity index (χ3v) is 6.78. The van der Waals surface area contributed by atoms with Gasteiger partial charge in [-0.3, -0.25) is 4.79 Å². The number of hydrogen-bond acceptors (Lipinski definition) is 6. The molecule has 6 rings (SSSR count). The van der Waals surface area contributed by atoms with E-state index >= 15 is 0 Å². The van der Waals surface area contributed by atoms with Crippen molar-refractivity contribution in [1.29, 1.82) is 0 Å². The quantitative estimate of drug-likeness (QED) is 0.653. The number of alkyl halides is 2. The van der Waals surface area contributed by atoms with Gasteiger partial charge in [0.25, 0.3) is 0 Å². The Labute approximate surface area is 189 Å². The van der Waals surface area contributed by atoms with Gasteiger partial charge >= 0.3 is 0 Å². The van der Waals surface area contributed by atoms with Crippen LogP contribution in [0, 0.1) is 5.92 Å². The number of piperidine rings is 1. The third-order valence-electron chi connectivity index (χ3n) is 6.78. The summed E-state index contributed by atoms with van der Waals surface area (Å²) in [6.45, 7) is 0.952. The summed E-state index contributed by atoms with van der Waals surface area (Å²) in [5.74, 6) is 2.27. The first-order valence-electron chi connectivity index (χ1n) is 11.6. The number of amides is 1. The van der Waals surface area contributed by atoms with Crippen LogP contribution in [0.15, 0.2) is 24.4 Å². The second-order valence-electron chi connectivity index (χ2n) is 9.26. The zero-order valence-electron chi connectivity index (χ0n) is 18.1. The van der Waals surface area contributed by atoms with Gasteiger partial charge in [-0.2, -0.15) is 0 Å². The second kappa shape index (κ2) is 8.00. The summed E-state index contributed by atoms with van der Waals surface area (Å²) in [5.41, 5.74) is 2.14. The third kappa shape index (κ3) is 3.91. The average molecular weight is 453 g/mol. The molecule has 3 fully saturated rings. The molecule has 0 aromatic carbocycles. The number of fused-ring (bicyclic) bond motifs is 1. The van der Waals surface area contributed by atoms with E-state index in [1.807, 2.05) is 18.2 Å². The topological polar surface area (TPSA) is 90.9 Å². The van der Waals surface area contributed by atoms with E-state index in [4.69, 9.17) is 4.98 Å². The van der Waals surface area contributed by atoms with Crippen LogP contribution >= 0.6 is 0 Å². The molecule has 2 saturated heterocycles. The van der Waals surface area contributed by atoms with Gasteiger partial charge < -0.3 is 14.8 Å². The van der Waals surface area contributed by atoms with Crippen molar-refractivity contribution < 1.29 is 13.6 Å². The highest BCUT2D eigenvalue weighted by Crippen LogP contribution is 2.38. The summed E-state index contributed by atoms with van der Waals surface area (Å²) in [6, 6.07) is 5.69. The van der Waals surface area contributed by atoms with Gasteiger partial charge in [0.1, 0.15) is 17.3 Å². The molecule has 1 N–H and O–H groups in total. The van der Waals surface area contributed by atoms with E-state index in [0.717, 1.165) is 48.7 Å². The lowest BCUT2D eigenvalue weighted by atomic mass is 9.96. The lowest BCUT2D eigenvalue weighted by Crippen LogP contribution is -2.44. The zero-order chi connectivity index (χ0) is 22.5. The SMILES string of the molecule is O=C([C@@H]1CCCN(c2ccc3[nH]c(-c4ccnc(C5CC5)n4)nc3n2)C1)N1C[C@@H](F)[C@H](F)C1. The summed E-state index contributed by atoms with van der Waals surface area (Å²) in [5, 5.41) is 0. The van der Waals surface area contributed by atoms with Gasteiger partial charge in [-0.05, 0) is 43.9 Å². The Kier molecular flexibility index (Phi) is 4.95. The number of aromatic nitrogens is 5. The molecule has 0 radical (unpaired) electrons. The number of nitrogens with one attached hydrogen (secondary N) is 1. The van der Waals surface area contributed by atoms with Crippen LogP contribution in [0.3, 0.4) is 0 Å². The summed E-state index contributed by atoms with van der Waals surface area (Å²) in [7, 11) is 0. The maximum Gasteiger partial charge on any atom is 0.227 e. The largest absolute Gasteiger partial charge is 0.356 e. The molecule has 0 unspecified atom stereocenters. The summed E-state index contributed by atoms with van der Waals surface area (Å²) < 4.78 is 27.1. The molecule has 1 aliphatic carbocycles. The van der Waals surface area contributed by atoms with E-state index < -0.39 is 12.3 Å². The fourth-order valence-corrected chi connectivity index (χ4v) is 4.77. The van der Waals surface area contributed by atoms with E-state index in [1.54, 1.807) is 6.20 Å². The van der Waals surface area contributed by atoms with Crippen molar-refractivity contribution in [2.24, 2.45) is 5.92 Å². The second-order valence-corrected chi connectivity index (χ2v) is 9.26. The van der Waals surface area contributed by atoms with Gasteiger partial charge in [0.15, 0.2) is 23.8 Å². The molecule has 33 heavy (non-hydrogen) atoms. The summed E-state index contributed by atoms with van der Waals surface area (Å²) >= 11 is 0. The predicted molar refractivity (Wildman–Crippen MR) is 118 cm³/mol. The number of H-pyrrole nitrogens is 1. The number of aromatic amines is 1. The minimum atomic E-state index is -1.58. The maximum absolute atomic E-state index is 13.6. The number of rotatable bonds is 4. The first kappa shape index (κ1) is 20.4. The zero-order valence-corrected chi connectivity index (χ0v) is 18.1. The molecule has 3 aliphatic rings. The molecule has 10 heteroatoms. The Morgan fingerprint density at radius 1 is 1.00 bits per heavy atom. The van der Waals surface area contributed by atoms with Crippen LogP contribution in [0.1, 0.15) is 37.4 Å². The monoisotopic (exact) mass is 453 g/mol. The van der Waals surface area contributed by atoms with E-state index in [0.29, 0.717) is 30.4 Å². The maximum atomic E-state index is 13.6. The molecular formula is C23H25F2N7O. The van der Waals surface area contributed by atoms with Crippen LogP contribution in [0.5, 0.6) is 0 Å². The van der Waals surface area contributed by atoms with Crippen molar-refractivity contribution in [2.45, 2.75) is 43.9 Å². The number of pyridine rings is 1. The predicted octanol–water partition coefficient (Wildman–Crippen LogP) is 3.03. The van der Waals surface area contributed by atoms with Crippen molar-refractivity contribution >= 4 is 22.9 Å². The Morgan fingerprint density at radius 3 is 2.61 bits per heavy atom. The van der Waals surface area contributed by atoms with Crippen LogP contribution in [-0.4, -0.2) is 74.2 Å². The molecular weight excluding hydrogens is 428 g/mol. The van der Waals surface area contributed by atoms with Crippen LogP contribution in [0.2, 0.25) is 0 Å². The Hall–Kier alpha value is -3.17. The van der Waals surface area contributed by atoms with Crippen molar-refractivity contribution in [3.05, 3.63) is 30.2 Å². The highest BCUT2D eigenvalue weighted by molar-refractivity contribution is 5.81. The molecule has 2 aliphatic heterocycles. The fourth-order valence-electron chi connectivity index (χ4n) is 4.77. The van der Waals surface area contributed by atoms with Crippen molar-refractivity contribution in [1.82, 2.24) is 29.8 Å². The van der Waals surface area contributed by atoms with Crippen molar-refractivity contribution in [2.75, 3.05) is 31.1 Å². The fraction of sp³-hybridized carbons (Fsp3) is 0.522. The van der Waals surface area contributed by atoms with E-state index in [1.165, 1.54) is 4.90 Å². The Balaban J connectivity index is 1.20. The molecule has 172 valence electrons. The minimum Gasteiger partial charge on any atom is -0.356 e. The van der Waals surface area contributed by atoms with Crippen LogP contribution in [0.25, 0.3) is 22.7 Å². The van der Waals surface area contributed by atoms with Gasteiger partial charge in [0.2, 0.25) is 5.91 Å². The van der Waals surface area contributed by atoms with E-state index in [-0.39, 0.29) is 24.9 Å². The molecule has 1 amide bonds. The van der Waals surface area contributed by atoms with E-state index in [9.17, 15) is 13.6 Å². The molecule has 0 spiro atoms. The van der Waals surface area contributed by atoms with Crippen molar-refractivity contribution in [3.8, 4) is 11.5 Å². The lowest BCUT2D eigenvalue weighted by Gasteiger charge is -2.34. The molecule has 3 aromatic rings. The van der Waals surface area contributed by atoms with Gasteiger partial charge in [-0.15, -0.1) is 0 Å². The number of carbonyl (C=O) groups is 1.